The third-order valence-corrected chi connectivity index (χ3v) is 3.77. The van der Waals surface area contributed by atoms with Crippen LogP contribution in [0.2, 0.25) is 0 Å². The van der Waals surface area contributed by atoms with Crippen molar-refractivity contribution in [2.75, 3.05) is 13.1 Å². The lowest BCUT2D eigenvalue weighted by molar-refractivity contribution is 0.582. The third-order valence-electron chi connectivity index (χ3n) is 2.29. The molecule has 0 radical (unpaired) electrons. The largest absolute Gasteiger partial charge is 0.329 e. The summed E-state index contributed by atoms with van der Waals surface area (Å²) in [5, 5.41) is 0. The fourth-order valence-corrected chi connectivity index (χ4v) is 2.36. The molecule has 0 aromatic heterocycles. The fraction of sp³-hybridized carbons (Fsp3) is 0.455. The van der Waals surface area contributed by atoms with E-state index in [2.05, 4.69) is 18.6 Å². The highest BCUT2D eigenvalue weighted by molar-refractivity contribution is 7.89. The van der Waals surface area contributed by atoms with Crippen LogP contribution in [0.1, 0.15) is 25.3 Å². The molecular weight excluding hydrogens is 260 g/mol. The number of halogens is 1. The zero-order chi connectivity index (χ0) is 12.2. The molecule has 0 saturated carbocycles. The number of benzene rings is 1. The number of hydrogen-bond acceptors (Lipinski definition) is 3. The Labute approximate surface area is 109 Å². The van der Waals surface area contributed by atoms with E-state index in [4.69, 9.17) is 5.73 Å². The minimum absolute atomic E-state index is 0. The van der Waals surface area contributed by atoms with E-state index in [-0.39, 0.29) is 23.8 Å². The zero-order valence-corrected chi connectivity index (χ0v) is 11.6. The summed E-state index contributed by atoms with van der Waals surface area (Å²) in [7, 11) is -3.39. The summed E-state index contributed by atoms with van der Waals surface area (Å²) in [6, 6.07) is 6.91. The summed E-state index contributed by atoms with van der Waals surface area (Å²) in [5.41, 5.74) is 6.37. The Bertz CT molecular complexity index is 429. The first-order valence-corrected chi connectivity index (χ1v) is 6.75. The molecule has 0 bridgehead atoms. The fourth-order valence-electron chi connectivity index (χ4n) is 1.31. The van der Waals surface area contributed by atoms with Crippen molar-refractivity contribution < 1.29 is 8.42 Å². The standard InChI is InChI=1S/C11H18N2O2S.ClH/c1-9(2)10-3-5-11(6-4-10)16(14,15)13-8-7-12;/h3-6,9,13H,7-8,12H2,1-2H3;1H. The highest BCUT2D eigenvalue weighted by Gasteiger charge is 2.12. The van der Waals surface area contributed by atoms with E-state index >= 15 is 0 Å². The van der Waals surface area contributed by atoms with Crippen molar-refractivity contribution in [3.05, 3.63) is 29.8 Å². The van der Waals surface area contributed by atoms with E-state index in [1.54, 1.807) is 12.1 Å². The van der Waals surface area contributed by atoms with Gasteiger partial charge in [0.25, 0.3) is 0 Å². The van der Waals surface area contributed by atoms with Crippen LogP contribution in [-0.2, 0) is 10.0 Å². The second-order valence-electron chi connectivity index (χ2n) is 3.91. The maximum Gasteiger partial charge on any atom is 0.240 e. The van der Waals surface area contributed by atoms with Crippen molar-refractivity contribution in [1.29, 1.82) is 0 Å². The predicted molar refractivity (Wildman–Crippen MR) is 72.0 cm³/mol. The molecule has 1 aromatic rings. The summed E-state index contributed by atoms with van der Waals surface area (Å²) in [4.78, 5) is 0.283. The Balaban J connectivity index is 0.00000256. The molecule has 0 amide bonds. The molecule has 4 nitrogen and oxygen atoms in total. The number of nitrogens with one attached hydrogen (secondary N) is 1. The molecule has 0 saturated heterocycles. The minimum Gasteiger partial charge on any atom is -0.329 e. The Hall–Kier alpha value is -0.620. The van der Waals surface area contributed by atoms with E-state index in [1.165, 1.54) is 0 Å². The van der Waals surface area contributed by atoms with Gasteiger partial charge in [0.2, 0.25) is 10.0 Å². The van der Waals surface area contributed by atoms with Gasteiger partial charge >= 0.3 is 0 Å². The van der Waals surface area contributed by atoms with Crippen LogP contribution in [0.4, 0.5) is 0 Å². The molecule has 17 heavy (non-hydrogen) atoms. The Morgan fingerprint density at radius 2 is 1.76 bits per heavy atom. The van der Waals surface area contributed by atoms with Gasteiger partial charge in [-0.1, -0.05) is 26.0 Å². The molecule has 0 aliphatic carbocycles. The zero-order valence-electron chi connectivity index (χ0n) is 10.0. The average Bonchev–Trinajstić information content (AvgIpc) is 2.26. The van der Waals surface area contributed by atoms with Crippen molar-refractivity contribution in [2.45, 2.75) is 24.7 Å². The quantitative estimate of drug-likeness (QED) is 0.857. The van der Waals surface area contributed by atoms with Crippen molar-refractivity contribution in [1.82, 2.24) is 4.72 Å². The number of nitrogens with two attached hydrogens (primary N) is 1. The molecule has 0 unspecified atom stereocenters. The van der Waals surface area contributed by atoms with Crippen LogP contribution in [0.3, 0.4) is 0 Å². The first kappa shape index (κ1) is 16.4. The lowest BCUT2D eigenvalue weighted by Crippen LogP contribution is -2.29. The first-order valence-electron chi connectivity index (χ1n) is 5.27. The number of sulfonamides is 1. The van der Waals surface area contributed by atoms with Gasteiger partial charge in [-0.15, -0.1) is 12.4 Å². The van der Waals surface area contributed by atoms with Gasteiger partial charge in [-0.3, -0.25) is 0 Å². The van der Waals surface area contributed by atoms with Gasteiger partial charge in [-0.2, -0.15) is 0 Å². The minimum atomic E-state index is -3.39. The van der Waals surface area contributed by atoms with Crippen LogP contribution in [0, 0.1) is 0 Å². The van der Waals surface area contributed by atoms with Crippen LogP contribution >= 0.6 is 12.4 Å². The molecule has 1 rings (SSSR count). The Morgan fingerprint density at radius 3 is 2.18 bits per heavy atom. The SMILES string of the molecule is CC(C)c1ccc(S(=O)(=O)NCCN)cc1.Cl. The summed E-state index contributed by atoms with van der Waals surface area (Å²) < 4.78 is 25.8. The highest BCUT2D eigenvalue weighted by Crippen LogP contribution is 2.16. The van der Waals surface area contributed by atoms with Gasteiger partial charge in [0.05, 0.1) is 4.90 Å². The Kier molecular flexibility index (Phi) is 6.70. The maximum atomic E-state index is 11.7. The van der Waals surface area contributed by atoms with Gasteiger partial charge in [0.15, 0.2) is 0 Å². The van der Waals surface area contributed by atoms with E-state index in [0.29, 0.717) is 12.5 Å². The molecule has 0 heterocycles. The van der Waals surface area contributed by atoms with Crippen LogP contribution < -0.4 is 10.5 Å². The average molecular weight is 279 g/mol. The van der Waals surface area contributed by atoms with Crippen LogP contribution in [0.15, 0.2) is 29.2 Å². The van der Waals surface area contributed by atoms with Gasteiger partial charge in [0.1, 0.15) is 0 Å². The highest BCUT2D eigenvalue weighted by atomic mass is 35.5. The van der Waals surface area contributed by atoms with Crippen LogP contribution in [0.5, 0.6) is 0 Å². The molecule has 0 aliphatic heterocycles. The molecule has 6 heteroatoms. The van der Waals surface area contributed by atoms with Crippen molar-refractivity contribution in [2.24, 2.45) is 5.73 Å². The van der Waals surface area contributed by atoms with E-state index in [1.807, 2.05) is 12.1 Å². The predicted octanol–water partition coefficient (Wildman–Crippen LogP) is 1.47. The topological polar surface area (TPSA) is 72.2 Å². The molecular formula is C11H19ClN2O2S. The second-order valence-corrected chi connectivity index (χ2v) is 5.68. The van der Waals surface area contributed by atoms with Crippen molar-refractivity contribution in [3.8, 4) is 0 Å². The Morgan fingerprint density at radius 1 is 1.24 bits per heavy atom. The maximum absolute atomic E-state index is 11.7. The summed E-state index contributed by atoms with van der Waals surface area (Å²) in [6.07, 6.45) is 0. The molecule has 1 aromatic carbocycles. The summed E-state index contributed by atoms with van der Waals surface area (Å²) in [5.74, 6) is 0.397. The van der Waals surface area contributed by atoms with Crippen molar-refractivity contribution >= 4 is 22.4 Å². The number of rotatable bonds is 5. The smallest absolute Gasteiger partial charge is 0.240 e. The summed E-state index contributed by atoms with van der Waals surface area (Å²) in [6.45, 7) is 4.68. The van der Waals surface area contributed by atoms with Crippen LogP contribution in [0.25, 0.3) is 0 Å². The van der Waals surface area contributed by atoms with E-state index in [9.17, 15) is 8.42 Å². The molecule has 3 N–H and O–H groups in total. The molecule has 0 spiro atoms. The normalized spacial score (nSPS) is 11.3. The third kappa shape index (κ3) is 4.63. The lowest BCUT2D eigenvalue weighted by Gasteiger charge is -2.08. The molecule has 0 fully saturated rings. The molecule has 0 aliphatic rings. The monoisotopic (exact) mass is 278 g/mol. The van der Waals surface area contributed by atoms with Crippen LogP contribution in [-0.4, -0.2) is 21.5 Å². The molecule has 98 valence electrons. The first-order chi connectivity index (χ1) is 7.47. The van der Waals surface area contributed by atoms with Gasteiger partial charge in [0, 0.05) is 13.1 Å². The van der Waals surface area contributed by atoms with E-state index < -0.39 is 10.0 Å². The van der Waals surface area contributed by atoms with Gasteiger partial charge in [-0.05, 0) is 23.6 Å². The van der Waals surface area contributed by atoms with Crippen molar-refractivity contribution in [3.63, 3.8) is 0 Å². The summed E-state index contributed by atoms with van der Waals surface area (Å²) >= 11 is 0. The van der Waals surface area contributed by atoms with Gasteiger partial charge < -0.3 is 5.73 Å². The number of hydrogen-bond donors (Lipinski definition) is 2. The van der Waals surface area contributed by atoms with Gasteiger partial charge in [-0.25, -0.2) is 13.1 Å². The lowest BCUT2D eigenvalue weighted by atomic mass is 10.0. The van der Waals surface area contributed by atoms with E-state index in [0.717, 1.165) is 5.56 Å². The molecule has 0 atom stereocenters. The second kappa shape index (κ2) is 6.96.